The van der Waals surface area contributed by atoms with Crippen LogP contribution in [0.15, 0.2) is 29.6 Å². The van der Waals surface area contributed by atoms with E-state index < -0.39 is 5.41 Å². The predicted molar refractivity (Wildman–Crippen MR) is 79.0 cm³/mol. The molecular weight excluding hydrogens is 277 g/mol. The smallest absolute Gasteiger partial charge is 0.224 e. The topological polar surface area (TPSA) is 68.0 Å². The molecule has 0 unspecified atom stereocenters. The van der Waals surface area contributed by atoms with E-state index in [0.29, 0.717) is 11.7 Å². The molecule has 0 saturated carbocycles. The van der Waals surface area contributed by atoms with Gasteiger partial charge in [-0.1, -0.05) is 0 Å². The Morgan fingerprint density at radius 3 is 2.65 bits per heavy atom. The van der Waals surface area contributed by atoms with Crippen LogP contribution in [0.3, 0.4) is 0 Å². The highest BCUT2D eigenvalue weighted by Gasteiger charge is 2.24. The van der Waals surface area contributed by atoms with Gasteiger partial charge in [-0.3, -0.25) is 4.79 Å². The van der Waals surface area contributed by atoms with Crippen LogP contribution in [-0.2, 0) is 4.79 Å². The number of carbonyl (C=O) groups excluding carboxylic acids is 1. The average molecular weight is 293 g/mol. The highest BCUT2D eigenvalue weighted by molar-refractivity contribution is 7.14. The number of aromatic nitrogens is 1. The maximum atomic E-state index is 12.9. The molecule has 0 radical (unpaired) electrons. The van der Waals surface area contributed by atoms with Crippen molar-refractivity contribution in [2.75, 3.05) is 11.9 Å². The first-order valence-corrected chi connectivity index (χ1v) is 7.02. The number of nitrogens with zero attached hydrogens (tertiary/aromatic N) is 1. The fourth-order valence-corrected chi connectivity index (χ4v) is 2.21. The molecule has 0 aliphatic heterocycles. The number of rotatable bonds is 5. The molecule has 0 fully saturated rings. The number of thiazole rings is 1. The van der Waals surface area contributed by atoms with Crippen molar-refractivity contribution in [1.82, 2.24) is 4.98 Å². The van der Waals surface area contributed by atoms with Crippen molar-refractivity contribution in [3.05, 3.63) is 35.5 Å². The molecule has 3 N–H and O–H groups in total. The van der Waals surface area contributed by atoms with Crippen molar-refractivity contribution in [3.63, 3.8) is 0 Å². The van der Waals surface area contributed by atoms with Gasteiger partial charge in [0.15, 0.2) is 5.13 Å². The molecule has 1 amide bonds. The van der Waals surface area contributed by atoms with Crippen molar-refractivity contribution in [3.8, 4) is 11.3 Å². The molecule has 1 aromatic heterocycles. The van der Waals surface area contributed by atoms with Gasteiger partial charge in [0.05, 0.1) is 11.1 Å². The zero-order chi connectivity index (χ0) is 14.8. The van der Waals surface area contributed by atoms with Gasteiger partial charge in [-0.2, -0.15) is 0 Å². The fraction of sp³-hybridized carbons (Fsp3) is 0.286. The molecule has 20 heavy (non-hydrogen) atoms. The molecule has 0 saturated heterocycles. The van der Waals surface area contributed by atoms with Gasteiger partial charge in [0, 0.05) is 17.5 Å². The second-order valence-corrected chi connectivity index (χ2v) is 6.00. The number of nitrogens with one attached hydrogen (secondary N) is 1. The lowest BCUT2D eigenvalue weighted by atomic mass is 9.93. The van der Waals surface area contributed by atoms with Crippen molar-refractivity contribution in [2.24, 2.45) is 11.1 Å². The number of benzene rings is 1. The fourth-order valence-electron chi connectivity index (χ4n) is 1.49. The van der Waals surface area contributed by atoms with Crippen molar-refractivity contribution < 1.29 is 9.18 Å². The Bertz CT molecular complexity index is 607. The summed E-state index contributed by atoms with van der Waals surface area (Å²) in [6.45, 7) is 3.96. The third-order valence-electron chi connectivity index (χ3n) is 2.99. The Morgan fingerprint density at radius 2 is 2.05 bits per heavy atom. The molecule has 0 aliphatic carbocycles. The second kappa shape index (κ2) is 5.58. The first-order valence-electron chi connectivity index (χ1n) is 6.14. The highest BCUT2D eigenvalue weighted by atomic mass is 32.1. The van der Waals surface area contributed by atoms with E-state index in [1.807, 2.05) is 5.38 Å². The number of hydrogen-bond donors (Lipinski definition) is 2. The largest absolute Gasteiger partial charge is 0.369 e. The van der Waals surface area contributed by atoms with E-state index in [0.717, 1.165) is 11.3 Å². The molecule has 4 nitrogen and oxygen atoms in total. The first-order chi connectivity index (χ1) is 9.38. The summed E-state index contributed by atoms with van der Waals surface area (Å²) in [5.74, 6) is -0.633. The van der Waals surface area contributed by atoms with Crippen LogP contribution >= 0.6 is 11.3 Å². The maximum Gasteiger partial charge on any atom is 0.224 e. The number of primary amides is 1. The number of amides is 1. The molecule has 106 valence electrons. The van der Waals surface area contributed by atoms with Crippen LogP contribution in [0.5, 0.6) is 0 Å². The van der Waals surface area contributed by atoms with E-state index in [9.17, 15) is 9.18 Å². The molecule has 1 heterocycles. The number of halogens is 1. The van der Waals surface area contributed by atoms with Crippen LogP contribution in [0, 0.1) is 11.2 Å². The molecular formula is C14H16FN3OS. The van der Waals surface area contributed by atoms with Crippen molar-refractivity contribution in [2.45, 2.75) is 13.8 Å². The molecule has 0 aliphatic rings. The number of carbonyl (C=O) groups is 1. The monoisotopic (exact) mass is 293 g/mol. The van der Waals surface area contributed by atoms with E-state index >= 15 is 0 Å². The van der Waals surface area contributed by atoms with Crippen molar-refractivity contribution >= 4 is 22.4 Å². The van der Waals surface area contributed by atoms with E-state index in [-0.39, 0.29) is 11.7 Å². The van der Waals surface area contributed by atoms with Gasteiger partial charge in [-0.25, -0.2) is 9.37 Å². The van der Waals surface area contributed by atoms with Gasteiger partial charge < -0.3 is 11.1 Å². The van der Waals surface area contributed by atoms with Gasteiger partial charge in [0.1, 0.15) is 5.82 Å². The van der Waals surface area contributed by atoms with Crippen LogP contribution in [0.25, 0.3) is 11.3 Å². The van der Waals surface area contributed by atoms with E-state index in [1.165, 1.54) is 23.5 Å². The summed E-state index contributed by atoms with van der Waals surface area (Å²) in [6.07, 6.45) is 0. The van der Waals surface area contributed by atoms with Gasteiger partial charge >= 0.3 is 0 Å². The predicted octanol–water partition coefficient (Wildman–Crippen LogP) is 2.87. The zero-order valence-electron chi connectivity index (χ0n) is 11.3. The lowest BCUT2D eigenvalue weighted by Crippen LogP contribution is -2.37. The molecule has 1 aromatic carbocycles. The number of anilines is 1. The van der Waals surface area contributed by atoms with E-state index in [4.69, 9.17) is 5.73 Å². The number of hydrogen-bond acceptors (Lipinski definition) is 4. The summed E-state index contributed by atoms with van der Waals surface area (Å²) >= 11 is 1.43. The second-order valence-electron chi connectivity index (χ2n) is 5.15. The average Bonchev–Trinajstić information content (AvgIpc) is 2.86. The van der Waals surface area contributed by atoms with Crippen LogP contribution in [-0.4, -0.2) is 17.4 Å². The van der Waals surface area contributed by atoms with Gasteiger partial charge in [-0.15, -0.1) is 11.3 Å². The van der Waals surface area contributed by atoms with Gasteiger partial charge in [-0.05, 0) is 38.1 Å². The summed E-state index contributed by atoms with van der Waals surface area (Å²) in [6, 6.07) is 6.17. The molecule has 0 spiro atoms. The Balaban J connectivity index is 2.06. The molecule has 0 bridgehead atoms. The quantitative estimate of drug-likeness (QED) is 0.890. The van der Waals surface area contributed by atoms with Crippen LogP contribution < -0.4 is 11.1 Å². The molecule has 6 heteroatoms. The summed E-state index contributed by atoms with van der Waals surface area (Å²) in [7, 11) is 0. The highest BCUT2D eigenvalue weighted by Crippen LogP contribution is 2.26. The SMILES string of the molecule is CC(C)(CNc1nc(-c2ccc(F)cc2)cs1)C(N)=O. The lowest BCUT2D eigenvalue weighted by molar-refractivity contribution is -0.125. The Labute approximate surface area is 120 Å². The van der Waals surface area contributed by atoms with Gasteiger partial charge in [0.2, 0.25) is 5.91 Å². The normalized spacial score (nSPS) is 11.3. The Kier molecular flexibility index (Phi) is 4.04. The minimum Gasteiger partial charge on any atom is -0.369 e. The maximum absolute atomic E-state index is 12.9. The van der Waals surface area contributed by atoms with Gasteiger partial charge in [0.25, 0.3) is 0 Å². The minimum absolute atomic E-state index is 0.273. The van der Waals surface area contributed by atoms with E-state index in [2.05, 4.69) is 10.3 Å². The molecule has 2 aromatic rings. The lowest BCUT2D eigenvalue weighted by Gasteiger charge is -2.20. The third-order valence-corrected chi connectivity index (χ3v) is 3.79. The van der Waals surface area contributed by atoms with Crippen molar-refractivity contribution in [1.29, 1.82) is 0 Å². The summed E-state index contributed by atoms with van der Waals surface area (Å²) in [5.41, 5.74) is 6.30. The Morgan fingerprint density at radius 1 is 1.40 bits per heavy atom. The van der Waals surface area contributed by atoms with E-state index in [1.54, 1.807) is 26.0 Å². The van der Waals surface area contributed by atoms with Crippen LogP contribution in [0.1, 0.15) is 13.8 Å². The minimum atomic E-state index is -0.637. The zero-order valence-corrected chi connectivity index (χ0v) is 12.1. The summed E-state index contributed by atoms with van der Waals surface area (Å²) < 4.78 is 12.9. The first kappa shape index (κ1) is 14.5. The standard InChI is InChI=1S/C14H16FN3OS/c1-14(2,12(16)19)8-17-13-18-11(7-20-13)9-3-5-10(15)6-4-9/h3-7H,8H2,1-2H3,(H2,16,19)(H,17,18). The molecule has 0 atom stereocenters. The van der Waals surface area contributed by atoms with Crippen LogP contribution in [0.2, 0.25) is 0 Å². The van der Waals surface area contributed by atoms with Crippen LogP contribution in [0.4, 0.5) is 9.52 Å². The number of nitrogens with two attached hydrogens (primary N) is 1. The molecule has 2 rings (SSSR count). The third kappa shape index (κ3) is 3.33. The summed E-state index contributed by atoms with van der Waals surface area (Å²) in [4.78, 5) is 15.6. The summed E-state index contributed by atoms with van der Waals surface area (Å²) in [5, 5.41) is 5.69. The Hall–Kier alpha value is -1.95.